The van der Waals surface area contributed by atoms with Crippen LogP contribution < -0.4 is 10.1 Å². The van der Waals surface area contributed by atoms with Crippen molar-refractivity contribution >= 4 is 5.91 Å². The average Bonchev–Trinajstić information content (AvgIpc) is 3.14. The maximum Gasteiger partial charge on any atom is 0.270 e. The monoisotopic (exact) mass is 363 g/mol. The number of aryl methyl sites for hydroxylation is 2. The number of ether oxygens (including phenoxy) is 1. The zero-order chi connectivity index (χ0) is 19.4. The average molecular weight is 363 g/mol. The summed E-state index contributed by atoms with van der Waals surface area (Å²) in [5.41, 5.74) is 5.53. The van der Waals surface area contributed by atoms with E-state index in [-0.39, 0.29) is 5.91 Å². The molecule has 3 aromatic rings. The van der Waals surface area contributed by atoms with E-state index in [1.54, 1.807) is 11.8 Å². The van der Waals surface area contributed by atoms with Gasteiger partial charge in [-0.05, 0) is 67.8 Å². The first kappa shape index (κ1) is 18.7. The van der Waals surface area contributed by atoms with Crippen LogP contribution in [0.2, 0.25) is 0 Å². The molecule has 0 bridgehead atoms. The Morgan fingerprint density at radius 2 is 1.81 bits per heavy atom. The van der Waals surface area contributed by atoms with Crippen LogP contribution in [0.15, 0.2) is 48.5 Å². The van der Waals surface area contributed by atoms with Gasteiger partial charge in [-0.3, -0.25) is 4.79 Å². The van der Waals surface area contributed by atoms with Gasteiger partial charge in [-0.15, -0.1) is 0 Å². The number of rotatable bonds is 6. The van der Waals surface area contributed by atoms with E-state index in [4.69, 9.17) is 9.84 Å². The van der Waals surface area contributed by atoms with Crippen molar-refractivity contribution in [3.8, 4) is 22.7 Å². The quantitative estimate of drug-likeness (QED) is 0.710. The standard InChI is InChI=1S/C22H25N3O2/c1-5-12-23-22(26)21-14-20(17-7-6-15(2)16(3)13-17)24-25(21)18-8-10-19(27-4)11-9-18/h6-11,13-14H,5,12H2,1-4H3,(H,23,26). The summed E-state index contributed by atoms with van der Waals surface area (Å²) >= 11 is 0. The zero-order valence-corrected chi connectivity index (χ0v) is 16.2. The second-order valence-corrected chi connectivity index (χ2v) is 6.58. The third-order valence-corrected chi connectivity index (χ3v) is 4.60. The van der Waals surface area contributed by atoms with Gasteiger partial charge in [-0.1, -0.05) is 19.1 Å². The van der Waals surface area contributed by atoms with Crippen molar-refractivity contribution in [1.29, 1.82) is 0 Å². The molecule has 2 aromatic carbocycles. The van der Waals surface area contributed by atoms with E-state index >= 15 is 0 Å². The Kier molecular flexibility index (Phi) is 5.60. The Balaban J connectivity index is 2.07. The van der Waals surface area contributed by atoms with Gasteiger partial charge < -0.3 is 10.1 Å². The molecule has 1 N–H and O–H groups in total. The van der Waals surface area contributed by atoms with E-state index < -0.39 is 0 Å². The van der Waals surface area contributed by atoms with E-state index in [0.29, 0.717) is 12.2 Å². The third-order valence-electron chi connectivity index (χ3n) is 4.60. The highest BCUT2D eigenvalue weighted by Gasteiger charge is 2.17. The van der Waals surface area contributed by atoms with Gasteiger partial charge in [-0.25, -0.2) is 4.68 Å². The number of carbonyl (C=O) groups excluding carboxylic acids is 1. The summed E-state index contributed by atoms with van der Waals surface area (Å²) in [5.74, 6) is 0.632. The molecule has 5 heteroatoms. The minimum atomic E-state index is -0.129. The molecule has 3 rings (SSSR count). The van der Waals surface area contributed by atoms with Crippen LogP contribution in [0.5, 0.6) is 5.75 Å². The van der Waals surface area contributed by atoms with E-state index in [9.17, 15) is 4.79 Å². The van der Waals surface area contributed by atoms with Crippen molar-refractivity contribution in [2.24, 2.45) is 0 Å². The topological polar surface area (TPSA) is 56.2 Å². The predicted octanol–water partition coefficient (Wildman–Crippen LogP) is 4.30. The lowest BCUT2D eigenvalue weighted by atomic mass is 10.0. The van der Waals surface area contributed by atoms with Gasteiger partial charge in [0.15, 0.2) is 0 Å². The summed E-state index contributed by atoms with van der Waals surface area (Å²) in [5, 5.41) is 7.66. The van der Waals surface area contributed by atoms with Crippen molar-refractivity contribution in [1.82, 2.24) is 15.1 Å². The third kappa shape index (κ3) is 4.03. The molecule has 0 saturated carbocycles. The molecule has 5 nitrogen and oxygen atoms in total. The molecule has 0 aliphatic heterocycles. The van der Waals surface area contributed by atoms with Gasteiger partial charge in [0.25, 0.3) is 5.91 Å². The summed E-state index contributed by atoms with van der Waals surface area (Å²) in [7, 11) is 1.63. The first-order valence-electron chi connectivity index (χ1n) is 9.13. The van der Waals surface area contributed by atoms with Gasteiger partial charge in [0.1, 0.15) is 11.4 Å². The number of aromatic nitrogens is 2. The van der Waals surface area contributed by atoms with Crippen LogP contribution in [0.1, 0.15) is 35.0 Å². The van der Waals surface area contributed by atoms with Crippen LogP contribution >= 0.6 is 0 Å². The maximum atomic E-state index is 12.7. The Labute approximate surface area is 160 Å². The summed E-state index contributed by atoms with van der Waals surface area (Å²) in [6.45, 7) is 6.82. The summed E-state index contributed by atoms with van der Waals surface area (Å²) in [6.07, 6.45) is 0.881. The molecule has 140 valence electrons. The molecule has 0 spiro atoms. The van der Waals surface area contributed by atoms with E-state index in [0.717, 1.165) is 29.1 Å². The predicted molar refractivity (Wildman–Crippen MR) is 108 cm³/mol. The molecular formula is C22H25N3O2. The number of hydrogen-bond acceptors (Lipinski definition) is 3. The molecule has 27 heavy (non-hydrogen) atoms. The van der Waals surface area contributed by atoms with Crippen LogP contribution in [-0.2, 0) is 0 Å². The largest absolute Gasteiger partial charge is 0.497 e. The van der Waals surface area contributed by atoms with Gasteiger partial charge in [0.2, 0.25) is 0 Å². The van der Waals surface area contributed by atoms with Gasteiger partial charge in [-0.2, -0.15) is 5.10 Å². The van der Waals surface area contributed by atoms with E-state index in [1.807, 2.05) is 43.3 Å². The van der Waals surface area contributed by atoms with Gasteiger partial charge in [0.05, 0.1) is 18.5 Å². The number of hydrogen-bond donors (Lipinski definition) is 1. The fraction of sp³-hybridized carbons (Fsp3) is 0.273. The Morgan fingerprint density at radius 1 is 1.07 bits per heavy atom. The van der Waals surface area contributed by atoms with Gasteiger partial charge in [0, 0.05) is 12.1 Å². The molecule has 0 aliphatic rings. The highest BCUT2D eigenvalue weighted by atomic mass is 16.5. The van der Waals surface area contributed by atoms with Crippen molar-refractivity contribution in [2.75, 3.05) is 13.7 Å². The molecule has 1 heterocycles. The van der Waals surface area contributed by atoms with Crippen LogP contribution in [0, 0.1) is 13.8 Å². The van der Waals surface area contributed by atoms with Crippen LogP contribution in [0.4, 0.5) is 0 Å². The molecule has 1 aromatic heterocycles. The normalized spacial score (nSPS) is 10.7. The molecule has 0 fully saturated rings. The smallest absolute Gasteiger partial charge is 0.270 e. The zero-order valence-electron chi connectivity index (χ0n) is 16.2. The number of methoxy groups -OCH3 is 1. The number of benzene rings is 2. The van der Waals surface area contributed by atoms with Crippen LogP contribution in [0.3, 0.4) is 0 Å². The lowest BCUT2D eigenvalue weighted by Crippen LogP contribution is -2.26. The second kappa shape index (κ2) is 8.08. The molecule has 0 saturated heterocycles. The first-order chi connectivity index (χ1) is 13.0. The number of carbonyl (C=O) groups is 1. The molecule has 0 aliphatic carbocycles. The SMILES string of the molecule is CCCNC(=O)c1cc(-c2ccc(C)c(C)c2)nn1-c1ccc(OC)cc1. The molecule has 0 atom stereocenters. The Hall–Kier alpha value is -3.08. The maximum absolute atomic E-state index is 12.7. The minimum absolute atomic E-state index is 0.129. The molecule has 0 radical (unpaired) electrons. The number of amides is 1. The van der Waals surface area contributed by atoms with Crippen molar-refractivity contribution in [3.05, 3.63) is 65.4 Å². The number of nitrogens with one attached hydrogen (secondary N) is 1. The molecular weight excluding hydrogens is 338 g/mol. The summed E-state index contributed by atoms with van der Waals surface area (Å²) in [4.78, 5) is 12.7. The van der Waals surface area contributed by atoms with E-state index in [2.05, 4.69) is 31.3 Å². The lowest BCUT2D eigenvalue weighted by Gasteiger charge is -2.08. The highest BCUT2D eigenvalue weighted by molar-refractivity contribution is 5.94. The summed E-state index contributed by atoms with van der Waals surface area (Å²) in [6, 6.07) is 15.6. The van der Waals surface area contributed by atoms with Crippen molar-refractivity contribution < 1.29 is 9.53 Å². The first-order valence-corrected chi connectivity index (χ1v) is 9.13. The van der Waals surface area contributed by atoms with Crippen molar-refractivity contribution in [3.63, 3.8) is 0 Å². The van der Waals surface area contributed by atoms with Crippen molar-refractivity contribution in [2.45, 2.75) is 27.2 Å². The minimum Gasteiger partial charge on any atom is -0.497 e. The Morgan fingerprint density at radius 3 is 2.44 bits per heavy atom. The van der Waals surface area contributed by atoms with Crippen LogP contribution in [0.25, 0.3) is 16.9 Å². The summed E-state index contributed by atoms with van der Waals surface area (Å²) < 4.78 is 6.92. The highest BCUT2D eigenvalue weighted by Crippen LogP contribution is 2.25. The lowest BCUT2D eigenvalue weighted by molar-refractivity contribution is 0.0946. The number of nitrogens with zero attached hydrogens (tertiary/aromatic N) is 2. The van der Waals surface area contributed by atoms with Gasteiger partial charge >= 0.3 is 0 Å². The Bertz CT molecular complexity index is 943. The van der Waals surface area contributed by atoms with E-state index in [1.165, 1.54) is 11.1 Å². The molecule has 0 unspecified atom stereocenters. The fourth-order valence-electron chi connectivity index (χ4n) is 2.83. The fourth-order valence-corrected chi connectivity index (χ4v) is 2.83. The molecule has 1 amide bonds. The van der Waals surface area contributed by atoms with Crippen LogP contribution in [-0.4, -0.2) is 29.3 Å². The second-order valence-electron chi connectivity index (χ2n) is 6.58.